The molecule has 0 N–H and O–H groups in total. The van der Waals surface area contributed by atoms with Crippen molar-refractivity contribution < 1.29 is 19.1 Å². The minimum atomic E-state index is -0.808. The Kier molecular flexibility index (Phi) is 5.43. The van der Waals surface area contributed by atoms with Gasteiger partial charge in [-0.15, -0.1) is 0 Å². The summed E-state index contributed by atoms with van der Waals surface area (Å²) >= 11 is 0. The summed E-state index contributed by atoms with van der Waals surface area (Å²) in [5, 5.41) is 0. The van der Waals surface area contributed by atoms with E-state index >= 15 is 0 Å². The summed E-state index contributed by atoms with van der Waals surface area (Å²) in [6, 6.07) is 9.22. The molecule has 0 spiro atoms. The number of nitrogens with zero attached hydrogens (tertiary/aromatic N) is 1. The van der Waals surface area contributed by atoms with Gasteiger partial charge in [0.05, 0.1) is 0 Å². The summed E-state index contributed by atoms with van der Waals surface area (Å²) in [7, 11) is 0. The Balaban J connectivity index is 2.51. The maximum Gasteiger partial charge on any atom is 0.434 e. The van der Waals surface area contributed by atoms with Gasteiger partial charge in [-0.25, -0.2) is 9.59 Å². The number of carbonyl (C=O) groups is 2. The van der Waals surface area contributed by atoms with Crippen LogP contribution in [0.1, 0.15) is 33.3 Å². The molecule has 1 rings (SSSR count). The molecule has 1 aromatic carbocycles. The van der Waals surface area contributed by atoms with Gasteiger partial charge in [-0.05, 0) is 33.3 Å². The van der Waals surface area contributed by atoms with E-state index in [0.29, 0.717) is 0 Å². The zero-order chi connectivity index (χ0) is 15.2. The minimum Gasteiger partial charge on any atom is -0.455 e. The molecule has 0 saturated heterocycles. The van der Waals surface area contributed by atoms with E-state index in [1.807, 2.05) is 30.3 Å². The van der Waals surface area contributed by atoms with Crippen LogP contribution in [-0.2, 0) is 20.9 Å². The molecule has 0 fully saturated rings. The van der Waals surface area contributed by atoms with E-state index in [1.54, 1.807) is 20.8 Å². The number of hydrogen-bond donors (Lipinski definition) is 0. The number of ether oxygens (including phenoxy) is 2. The summed E-state index contributed by atoms with van der Waals surface area (Å²) in [4.78, 5) is 26.6. The van der Waals surface area contributed by atoms with Gasteiger partial charge in [0.2, 0.25) is 0 Å². The number of esters is 1. The third-order valence-electron chi connectivity index (χ3n) is 2.16. The number of amides is 1. The number of aliphatic imine (C=N–C) groups is 1. The molecule has 0 aliphatic heterocycles. The van der Waals surface area contributed by atoms with Gasteiger partial charge in [0.15, 0.2) is 0 Å². The van der Waals surface area contributed by atoms with E-state index in [-0.39, 0.29) is 12.3 Å². The second kappa shape index (κ2) is 6.84. The van der Waals surface area contributed by atoms with Crippen LogP contribution in [0.15, 0.2) is 35.3 Å². The molecule has 0 unspecified atom stereocenters. The second-order valence-electron chi connectivity index (χ2n) is 5.24. The molecule has 0 saturated carbocycles. The van der Waals surface area contributed by atoms with E-state index in [4.69, 9.17) is 9.47 Å². The van der Waals surface area contributed by atoms with Crippen molar-refractivity contribution in [3.05, 3.63) is 35.9 Å². The smallest absolute Gasteiger partial charge is 0.434 e. The van der Waals surface area contributed by atoms with Crippen LogP contribution >= 0.6 is 0 Å². The lowest BCUT2D eigenvalue weighted by molar-refractivity contribution is -0.146. The van der Waals surface area contributed by atoms with Crippen LogP contribution in [0.5, 0.6) is 0 Å². The Labute approximate surface area is 118 Å². The first-order chi connectivity index (χ1) is 9.28. The fourth-order valence-corrected chi connectivity index (χ4v) is 1.29. The molecule has 0 atom stereocenters. The summed E-state index contributed by atoms with van der Waals surface area (Å²) in [5.74, 6) is -0.630. The van der Waals surface area contributed by atoms with Gasteiger partial charge in [-0.3, -0.25) is 0 Å². The SMILES string of the molecule is CC(=NC(=O)OCc1ccccc1)C(=O)OC(C)(C)C. The Morgan fingerprint density at radius 3 is 2.30 bits per heavy atom. The maximum absolute atomic E-state index is 11.6. The van der Waals surface area contributed by atoms with Crippen molar-refractivity contribution >= 4 is 17.8 Å². The van der Waals surface area contributed by atoms with Crippen LogP contribution in [0, 0.1) is 0 Å². The topological polar surface area (TPSA) is 65.0 Å². The van der Waals surface area contributed by atoms with Crippen molar-refractivity contribution in [1.82, 2.24) is 0 Å². The van der Waals surface area contributed by atoms with Crippen molar-refractivity contribution in [3.8, 4) is 0 Å². The minimum absolute atomic E-state index is 0.0296. The van der Waals surface area contributed by atoms with Crippen molar-refractivity contribution in [2.24, 2.45) is 4.99 Å². The van der Waals surface area contributed by atoms with Crippen LogP contribution in [0.3, 0.4) is 0 Å². The van der Waals surface area contributed by atoms with Crippen molar-refractivity contribution in [2.45, 2.75) is 39.9 Å². The van der Waals surface area contributed by atoms with E-state index < -0.39 is 17.7 Å². The molecule has 1 amide bonds. The van der Waals surface area contributed by atoms with E-state index in [0.717, 1.165) is 5.56 Å². The van der Waals surface area contributed by atoms with Crippen LogP contribution in [-0.4, -0.2) is 23.4 Å². The highest BCUT2D eigenvalue weighted by Crippen LogP contribution is 2.08. The predicted molar refractivity (Wildman–Crippen MR) is 75.6 cm³/mol. The van der Waals surface area contributed by atoms with Gasteiger partial charge in [0, 0.05) is 0 Å². The molecule has 5 heteroatoms. The molecule has 0 heterocycles. The third kappa shape index (κ3) is 6.13. The van der Waals surface area contributed by atoms with E-state index in [1.165, 1.54) is 6.92 Å². The Morgan fingerprint density at radius 2 is 1.75 bits per heavy atom. The average molecular weight is 277 g/mol. The molecule has 0 radical (unpaired) electrons. The Hall–Kier alpha value is -2.17. The Morgan fingerprint density at radius 1 is 1.15 bits per heavy atom. The highest BCUT2D eigenvalue weighted by Gasteiger charge is 2.19. The Bertz CT molecular complexity index is 500. The molecule has 20 heavy (non-hydrogen) atoms. The first kappa shape index (κ1) is 15.9. The van der Waals surface area contributed by atoms with Crippen molar-refractivity contribution in [1.29, 1.82) is 0 Å². The van der Waals surface area contributed by atoms with Crippen LogP contribution < -0.4 is 0 Å². The van der Waals surface area contributed by atoms with Gasteiger partial charge >= 0.3 is 12.1 Å². The second-order valence-corrected chi connectivity index (χ2v) is 5.24. The standard InChI is InChI=1S/C15H19NO4/c1-11(13(17)20-15(2,3)4)16-14(18)19-10-12-8-6-5-7-9-12/h5-9H,10H2,1-4H3. The van der Waals surface area contributed by atoms with E-state index in [9.17, 15) is 9.59 Å². The van der Waals surface area contributed by atoms with Crippen LogP contribution in [0.2, 0.25) is 0 Å². The third-order valence-corrected chi connectivity index (χ3v) is 2.16. The largest absolute Gasteiger partial charge is 0.455 e. The fourth-order valence-electron chi connectivity index (χ4n) is 1.29. The summed E-state index contributed by atoms with van der Waals surface area (Å²) < 4.78 is 10.0. The number of benzene rings is 1. The molecule has 0 aliphatic carbocycles. The van der Waals surface area contributed by atoms with Crippen LogP contribution in [0.4, 0.5) is 4.79 Å². The first-order valence-corrected chi connectivity index (χ1v) is 6.27. The van der Waals surface area contributed by atoms with E-state index in [2.05, 4.69) is 4.99 Å². The molecule has 1 aromatic rings. The monoisotopic (exact) mass is 277 g/mol. The summed E-state index contributed by atoms with van der Waals surface area (Å²) in [6.07, 6.45) is -0.808. The van der Waals surface area contributed by atoms with Crippen molar-refractivity contribution in [3.63, 3.8) is 0 Å². The van der Waals surface area contributed by atoms with Gasteiger partial charge in [-0.2, -0.15) is 4.99 Å². The molecule has 5 nitrogen and oxygen atoms in total. The highest BCUT2D eigenvalue weighted by molar-refractivity contribution is 6.37. The summed E-state index contributed by atoms with van der Waals surface area (Å²) in [5.41, 5.74) is 0.200. The number of carbonyl (C=O) groups excluding carboxylic acids is 2. The molecule has 0 aliphatic rings. The summed E-state index contributed by atoms with van der Waals surface area (Å²) in [6.45, 7) is 6.76. The number of rotatable bonds is 3. The lowest BCUT2D eigenvalue weighted by Crippen LogP contribution is -2.28. The quantitative estimate of drug-likeness (QED) is 0.629. The van der Waals surface area contributed by atoms with Crippen molar-refractivity contribution in [2.75, 3.05) is 0 Å². The van der Waals surface area contributed by atoms with Gasteiger partial charge < -0.3 is 9.47 Å². The van der Waals surface area contributed by atoms with Crippen LogP contribution in [0.25, 0.3) is 0 Å². The molecule has 0 aromatic heterocycles. The molecular formula is C15H19NO4. The molecular weight excluding hydrogens is 258 g/mol. The highest BCUT2D eigenvalue weighted by atomic mass is 16.6. The van der Waals surface area contributed by atoms with Gasteiger partial charge in [0.1, 0.15) is 17.9 Å². The zero-order valence-electron chi connectivity index (χ0n) is 12.2. The molecule has 0 bridgehead atoms. The number of hydrogen-bond acceptors (Lipinski definition) is 4. The zero-order valence-corrected chi connectivity index (χ0v) is 12.2. The maximum atomic E-state index is 11.6. The van der Waals surface area contributed by atoms with Gasteiger partial charge in [0.25, 0.3) is 0 Å². The lowest BCUT2D eigenvalue weighted by Gasteiger charge is -2.18. The normalized spacial score (nSPS) is 11.9. The van der Waals surface area contributed by atoms with Gasteiger partial charge in [-0.1, -0.05) is 30.3 Å². The fraction of sp³-hybridized carbons (Fsp3) is 0.400. The molecule has 108 valence electrons. The first-order valence-electron chi connectivity index (χ1n) is 6.27. The average Bonchev–Trinajstić information content (AvgIpc) is 2.35. The lowest BCUT2D eigenvalue weighted by atomic mass is 10.2. The predicted octanol–water partition coefficient (Wildman–Crippen LogP) is 3.13.